The van der Waals surface area contributed by atoms with E-state index in [-0.39, 0.29) is 48.8 Å². The highest BCUT2D eigenvalue weighted by atomic mass is 79.9. The van der Waals surface area contributed by atoms with Crippen LogP contribution in [0.2, 0.25) is 0 Å². The number of alkyl halides is 1. The summed E-state index contributed by atoms with van der Waals surface area (Å²) in [6.45, 7) is 14.2. The molecule has 1 spiro atoms. The van der Waals surface area contributed by atoms with Gasteiger partial charge >= 0.3 is 0 Å². The molecule has 3 heterocycles. The molecular weight excluding hydrogens is 636 g/mol. The molecule has 0 aromatic heterocycles. The Bertz CT molecular complexity index is 1400. The zero-order chi connectivity index (χ0) is 32.3. The fraction of sp³-hybridized carbons (Fsp3) is 0.457. The van der Waals surface area contributed by atoms with Crippen LogP contribution in [0.5, 0.6) is 0 Å². The van der Waals surface area contributed by atoms with Crippen molar-refractivity contribution in [3.8, 4) is 0 Å². The molecule has 1 N–H and O–H groups in total. The number of rotatable bonds is 14. The van der Waals surface area contributed by atoms with Gasteiger partial charge in [0.25, 0.3) is 5.91 Å². The standard InChI is InChI=1S/C35H43BrN4O5/c1-5-19-38(25-13-10-9-11-14-25)32(42)28-29-33(43)40(21-12-22-41)31(35(29)23-27(36)30(28)45-35)34(44)39(20-6-2)26-17-15-24(16-18-26)37(7-3)8-4/h5-6,9-11,13-18,27-31,41H,1-2,7-8,12,19-23H2,3-4H3/t27?,28-,29+,30-,31?,35?/m1/s1. The van der Waals surface area contributed by atoms with E-state index in [1.807, 2.05) is 54.6 Å². The normalized spacial score (nSPS) is 26.4. The molecule has 2 bridgehead atoms. The Balaban J connectivity index is 1.55. The third-order valence-electron chi connectivity index (χ3n) is 9.38. The number of carbonyl (C=O) groups excluding carboxylic acids is 3. The van der Waals surface area contributed by atoms with Gasteiger partial charge in [0.1, 0.15) is 11.6 Å². The van der Waals surface area contributed by atoms with Crippen molar-refractivity contribution in [1.82, 2.24) is 4.90 Å². The van der Waals surface area contributed by atoms with Crippen LogP contribution in [0.4, 0.5) is 17.1 Å². The first-order valence-corrected chi connectivity index (χ1v) is 16.7. The van der Waals surface area contributed by atoms with Crippen molar-refractivity contribution in [3.63, 3.8) is 0 Å². The van der Waals surface area contributed by atoms with E-state index >= 15 is 0 Å². The van der Waals surface area contributed by atoms with Gasteiger partial charge in [-0.05, 0) is 63.1 Å². The van der Waals surface area contributed by atoms with Gasteiger partial charge in [-0.25, -0.2) is 0 Å². The summed E-state index contributed by atoms with van der Waals surface area (Å²) >= 11 is 3.77. The monoisotopic (exact) mass is 678 g/mol. The number of amides is 3. The van der Waals surface area contributed by atoms with Gasteiger partial charge in [-0.1, -0.05) is 46.3 Å². The van der Waals surface area contributed by atoms with Gasteiger partial charge in [0.05, 0.1) is 17.9 Å². The summed E-state index contributed by atoms with van der Waals surface area (Å²) in [6, 6.07) is 16.2. The SMILES string of the molecule is C=CCN(C(=O)C1N(CCCO)C(=O)[C@@H]2[C@@H](C(=O)N(CC=C)c3ccccc3)[C@@H]3OC12CC3Br)c1ccc(N(CC)CC)cc1. The van der Waals surface area contributed by atoms with E-state index in [1.165, 1.54) is 0 Å². The Morgan fingerprint density at radius 2 is 1.56 bits per heavy atom. The molecule has 3 unspecified atom stereocenters. The molecular formula is C35H43BrN4O5. The van der Waals surface area contributed by atoms with Crippen molar-refractivity contribution in [2.24, 2.45) is 11.8 Å². The second-order valence-electron chi connectivity index (χ2n) is 11.8. The number of hydrogen-bond donors (Lipinski definition) is 1. The lowest BCUT2D eigenvalue weighted by Crippen LogP contribution is -2.57. The highest BCUT2D eigenvalue weighted by Gasteiger charge is 2.77. The molecule has 240 valence electrons. The molecule has 3 fully saturated rings. The molecule has 9 nitrogen and oxygen atoms in total. The zero-order valence-corrected chi connectivity index (χ0v) is 27.6. The fourth-order valence-corrected chi connectivity index (χ4v) is 8.39. The van der Waals surface area contributed by atoms with E-state index in [4.69, 9.17) is 4.74 Å². The quantitative estimate of drug-likeness (QED) is 0.235. The van der Waals surface area contributed by atoms with Crippen LogP contribution < -0.4 is 14.7 Å². The van der Waals surface area contributed by atoms with E-state index in [9.17, 15) is 19.5 Å². The molecule has 3 aliphatic rings. The predicted molar refractivity (Wildman–Crippen MR) is 181 cm³/mol. The number of carbonyl (C=O) groups is 3. The Kier molecular flexibility index (Phi) is 10.2. The Morgan fingerprint density at radius 3 is 2.13 bits per heavy atom. The third kappa shape index (κ3) is 5.72. The maximum atomic E-state index is 14.8. The first kappa shape index (κ1) is 32.9. The second kappa shape index (κ2) is 13.9. The van der Waals surface area contributed by atoms with Gasteiger partial charge < -0.3 is 29.4 Å². The molecule has 10 heteroatoms. The minimum Gasteiger partial charge on any atom is -0.396 e. The number of anilines is 3. The highest BCUT2D eigenvalue weighted by Crippen LogP contribution is 2.60. The van der Waals surface area contributed by atoms with E-state index in [0.717, 1.165) is 18.8 Å². The van der Waals surface area contributed by atoms with Crippen LogP contribution in [0.3, 0.4) is 0 Å². The minimum atomic E-state index is -1.21. The summed E-state index contributed by atoms with van der Waals surface area (Å²) in [5.74, 6) is -2.46. The van der Waals surface area contributed by atoms with Crippen molar-refractivity contribution in [2.75, 3.05) is 54.0 Å². The molecule has 5 rings (SSSR count). The number of para-hydroxylation sites is 1. The molecule has 0 radical (unpaired) electrons. The Hall–Kier alpha value is -3.47. The van der Waals surface area contributed by atoms with E-state index in [0.29, 0.717) is 24.2 Å². The predicted octanol–water partition coefficient (Wildman–Crippen LogP) is 4.40. The number of halogens is 1. The lowest BCUT2D eigenvalue weighted by molar-refractivity contribution is -0.140. The smallest absolute Gasteiger partial charge is 0.253 e. The highest BCUT2D eigenvalue weighted by molar-refractivity contribution is 9.09. The van der Waals surface area contributed by atoms with Crippen LogP contribution in [0.15, 0.2) is 79.9 Å². The van der Waals surface area contributed by atoms with E-state index in [1.54, 1.807) is 26.9 Å². The molecule has 6 atom stereocenters. The van der Waals surface area contributed by atoms with Crippen LogP contribution in [-0.2, 0) is 19.1 Å². The van der Waals surface area contributed by atoms with Gasteiger partial charge in [0, 0.05) is 61.2 Å². The van der Waals surface area contributed by atoms with Gasteiger partial charge in [-0.15, -0.1) is 13.2 Å². The van der Waals surface area contributed by atoms with Gasteiger partial charge in [0.15, 0.2) is 0 Å². The van der Waals surface area contributed by atoms with Crippen LogP contribution in [0.1, 0.15) is 26.7 Å². The topological polar surface area (TPSA) is 93.6 Å². The molecule has 0 aliphatic carbocycles. The summed E-state index contributed by atoms with van der Waals surface area (Å²) in [4.78, 5) is 50.4. The van der Waals surface area contributed by atoms with Gasteiger partial charge in [0.2, 0.25) is 11.8 Å². The number of aliphatic hydroxyl groups is 1. The first-order chi connectivity index (χ1) is 21.8. The first-order valence-electron chi connectivity index (χ1n) is 15.8. The van der Waals surface area contributed by atoms with Crippen molar-refractivity contribution >= 4 is 50.7 Å². The fourth-order valence-electron chi connectivity index (χ4n) is 7.44. The number of nitrogens with zero attached hydrogens (tertiary/aromatic N) is 4. The number of likely N-dealkylation sites (tertiary alicyclic amines) is 1. The molecule has 2 aromatic rings. The lowest BCUT2D eigenvalue weighted by atomic mass is 9.70. The largest absolute Gasteiger partial charge is 0.396 e. The number of ether oxygens (including phenoxy) is 1. The molecule has 0 saturated carbocycles. The zero-order valence-electron chi connectivity index (χ0n) is 26.1. The average molecular weight is 680 g/mol. The summed E-state index contributed by atoms with van der Waals surface area (Å²) in [5.41, 5.74) is 1.23. The molecule has 45 heavy (non-hydrogen) atoms. The summed E-state index contributed by atoms with van der Waals surface area (Å²) in [7, 11) is 0. The number of fused-ring (bicyclic) bond motifs is 1. The molecule has 3 saturated heterocycles. The average Bonchev–Trinajstić information content (AvgIpc) is 3.65. The maximum absolute atomic E-state index is 14.8. The van der Waals surface area contributed by atoms with Crippen molar-refractivity contribution in [1.29, 1.82) is 0 Å². The van der Waals surface area contributed by atoms with Crippen molar-refractivity contribution in [2.45, 2.75) is 49.3 Å². The van der Waals surface area contributed by atoms with Crippen LogP contribution in [-0.4, -0.2) is 89.6 Å². The van der Waals surface area contributed by atoms with Gasteiger partial charge in [-0.2, -0.15) is 0 Å². The summed E-state index contributed by atoms with van der Waals surface area (Å²) in [5, 5.41) is 9.73. The maximum Gasteiger partial charge on any atom is 0.253 e. The van der Waals surface area contributed by atoms with Crippen LogP contribution in [0, 0.1) is 11.8 Å². The van der Waals surface area contributed by atoms with Crippen molar-refractivity contribution < 1.29 is 24.2 Å². The van der Waals surface area contributed by atoms with Crippen LogP contribution in [0.25, 0.3) is 0 Å². The molecule has 3 aliphatic heterocycles. The summed E-state index contributed by atoms with van der Waals surface area (Å²) in [6.07, 6.45) is 3.44. The number of hydrogen-bond acceptors (Lipinski definition) is 6. The Morgan fingerprint density at radius 1 is 0.978 bits per heavy atom. The second-order valence-corrected chi connectivity index (χ2v) is 12.9. The lowest BCUT2D eigenvalue weighted by Gasteiger charge is -2.37. The van der Waals surface area contributed by atoms with E-state index < -0.39 is 29.6 Å². The van der Waals surface area contributed by atoms with E-state index in [2.05, 4.69) is 47.8 Å². The van der Waals surface area contributed by atoms with Crippen LogP contribution >= 0.6 is 15.9 Å². The number of benzene rings is 2. The minimum absolute atomic E-state index is 0.139. The number of aliphatic hydroxyl groups excluding tert-OH is 1. The van der Waals surface area contributed by atoms with Gasteiger partial charge in [-0.3, -0.25) is 14.4 Å². The third-order valence-corrected chi connectivity index (χ3v) is 10.2. The Labute approximate surface area is 274 Å². The molecule has 2 aromatic carbocycles. The summed E-state index contributed by atoms with van der Waals surface area (Å²) < 4.78 is 6.73. The molecule has 3 amide bonds. The van der Waals surface area contributed by atoms with Crippen molar-refractivity contribution in [3.05, 3.63) is 79.9 Å².